The Kier molecular flexibility index (Phi) is 4.50. The number of pyridine rings is 1. The van der Waals surface area contributed by atoms with Crippen LogP contribution in [0, 0.1) is 5.92 Å². The van der Waals surface area contributed by atoms with Crippen molar-refractivity contribution in [1.29, 1.82) is 0 Å². The SMILES string of the molecule is CC(O)C1CCN(Cc2ccc(C(=O)O)cn2)CC1. The number of hydrogen-bond donors (Lipinski definition) is 2. The van der Waals surface area contributed by atoms with Gasteiger partial charge in [0.15, 0.2) is 0 Å². The first-order valence-corrected chi connectivity index (χ1v) is 6.65. The van der Waals surface area contributed by atoms with E-state index in [4.69, 9.17) is 5.11 Å². The zero-order chi connectivity index (χ0) is 13.8. The Balaban J connectivity index is 1.87. The maximum atomic E-state index is 10.7. The number of likely N-dealkylation sites (tertiary alicyclic amines) is 1. The summed E-state index contributed by atoms with van der Waals surface area (Å²) in [5.41, 5.74) is 1.11. The molecule has 0 saturated carbocycles. The van der Waals surface area contributed by atoms with E-state index in [1.54, 1.807) is 12.1 Å². The number of aromatic carboxylic acids is 1. The van der Waals surface area contributed by atoms with E-state index in [2.05, 4.69) is 9.88 Å². The van der Waals surface area contributed by atoms with E-state index in [0.29, 0.717) is 5.92 Å². The molecule has 19 heavy (non-hydrogen) atoms. The van der Waals surface area contributed by atoms with Crippen LogP contribution in [0.2, 0.25) is 0 Å². The Hall–Kier alpha value is -1.46. The number of carboxylic acids is 1. The van der Waals surface area contributed by atoms with Gasteiger partial charge in [-0.3, -0.25) is 9.88 Å². The standard InChI is InChI=1S/C14H20N2O3/c1-10(17)11-4-6-16(7-5-11)9-13-3-2-12(8-15-13)14(18)19/h2-3,8,10-11,17H,4-7,9H2,1H3,(H,18,19). The highest BCUT2D eigenvalue weighted by molar-refractivity contribution is 5.87. The van der Waals surface area contributed by atoms with E-state index in [-0.39, 0.29) is 11.7 Å². The second-order valence-corrected chi connectivity index (χ2v) is 5.20. The topological polar surface area (TPSA) is 73.7 Å². The van der Waals surface area contributed by atoms with Gasteiger partial charge in [0, 0.05) is 12.7 Å². The van der Waals surface area contributed by atoms with E-state index in [0.717, 1.165) is 38.2 Å². The molecule has 0 spiro atoms. The first-order chi connectivity index (χ1) is 9.06. The van der Waals surface area contributed by atoms with Gasteiger partial charge in [0.1, 0.15) is 0 Å². The Morgan fingerprint density at radius 1 is 1.47 bits per heavy atom. The fourth-order valence-corrected chi connectivity index (χ4v) is 2.47. The summed E-state index contributed by atoms with van der Waals surface area (Å²) in [5.74, 6) is -0.546. The van der Waals surface area contributed by atoms with Crippen LogP contribution in [0.3, 0.4) is 0 Å². The zero-order valence-corrected chi connectivity index (χ0v) is 11.1. The molecule has 5 heteroatoms. The Morgan fingerprint density at radius 3 is 2.63 bits per heavy atom. The number of nitrogens with zero attached hydrogens (tertiary/aromatic N) is 2. The molecule has 0 bridgehead atoms. The molecule has 1 saturated heterocycles. The second kappa shape index (κ2) is 6.12. The van der Waals surface area contributed by atoms with Crippen molar-refractivity contribution in [2.75, 3.05) is 13.1 Å². The van der Waals surface area contributed by atoms with Crippen LogP contribution in [0.25, 0.3) is 0 Å². The molecule has 1 fully saturated rings. The van der Waals surface area contributed by atoms with Crippen molar-refractivity contribution >= 4 is 5.97 Å². The van der Waals surface area contributed by atoms with Crippen LogP contribution in [0.5, 0.6) is 0 Å². The van der Waals surface area contributed by atoms with Gasteiger partial charge < -0.3 is 10.2 Å². The molecule has 0 aliphatic carbocycles. The number of carbonyl (C=O) groups is 1. The lowest BCUT2D eigenvalue weighted by Crippen LogP contribution is -2.36. The van der Waals surface area contributed by atoms with Crippen LogP contribution in [-0.4, -0.2) is 45.3 Å². The predicted octanol–water partition coefficient (Wildman–Crippen LogP) is 1.37. The number of aliphatic hydroxyl groups excluding tert-OH is 1. The number of aliphatic hydroxyl groups is 1. The summed E-state index contributed by atoms with van der Waals surface area (Å²) < 4.78 is 0. The average molecular weight is 264 g/mol. The largest absolute Gasteiger partial charge is 0.478 e. The minimum atomic E-state index is -0.947. The van der Waals surface area contributed by atoms with Crippen molar-refractivity contribution in [2.24, 2.45) is 5.92 Å². The van der Waals surface area contributed by atoms with Crippen LogP contribution < -0.4 is 0 Å². The van der Waals surface area contributed by atoms with Gasteiger partial charge in [0.25, 0.3) is 0 Å². The smallest absolute Gasteiger partial charge is 0.337 e. The highest BCUT2D eigenvalue weighted by Crippen LogP contribution is 2.21. The van der Waals surface area contributed by atoms with Crippen LogP contribution in [0.1, 0.15) is 35.8 Å². The molecule has 1 atom stereocenters. The second-order valence-electron chi connectivity index (χ2n) is 5.20. The third-order valence-electron chi connectivity index (χ3n) is 3.77. The van der Waals surface area contributed by atoms with Crippen molar-refractivity contribution in [3.05, 3.63) is 29.6 Å². The highest BCUT2D eigenvalue weighted by Gasteiger charge is 2.22. The van der Waals surface area contributed by atoms with Gasteiger partial charge in [-0.15, -0.1) is 0 Å². The zero-order valence-electron chi connectivity index (χ0n) is 11.1. The van der Waals surface area contributed by atoms with E-state index in [1.807, 2.05) is 6.92 Å². The minimum absolute atomic E-state index is 0.219. The molecule has 0 radical (unpaired) electrons. The van der Waals surface area contributed by atoms with Crippen molar-refractivity contribution < 1.29 is 15.0 Å². The molecule has 2 N–H and O–H groups in total. The Morgan fingerprint density at radius 2 is 2.16 bits per heavy atom. The van der Waals surface area contributed by atoms with Crippen molar-refractivity contribution in [1.82, 2.24) is 9.88 Å². The fourth-order valence-electron chi connectivity index (χ4n) is 2.47. The summed E-state index contributed by atoms with van der Waals surface area (Å²) >= 11 is 0. The molecule has 1 unspecified atom stereocenters. The molecule has 1 aliphatic heterocycles. The molecule has 0 amide bonds. The van der Waals surface area contributed by atoms with E-state index < -0.39 is 5.97 Å². The predicted molar refractivity (Wildman–Crippen MR) is 70.9 cm³/mol. The monoisotopic (exact) mass is 264 g/mol. The lowest BCUT2D eigenvalue weighted by molar-refractivity contribution is 0.0691. The maximum absolute atomic E-state index is 10.7. The lowest BCUT2D eigenvalue weighted by atomic mass is 9.92. The summed E-state index contributed by atoms with van der Waals surface area (Å²) in [4.78, 5) is 17.2. The Bertz CT molecular complexity index is 423. The summed E-state index contributed by atoms with van der Waals surface area (Å²) in [6, 6.07) is 3.36. The molecule has 2 heterocycles. The molecular formula is C14H20N2O3. The molecule has 1 aromatic rings. The molecule has 0 aromatic carbocycles. The van der Waals surface area contributed by atoms with Gasteiger partial charge in [-0.2, -0.15) is 0 Å². The van der Waals surface area contributed by atoms with Crippen molar-refractivity contribution in [3.63, 3.8) is 0 Å². The Labute approximate surface area is 112 Å². The minimum Gasteiger partial charge on any atom is -0.478 e. The van der Waals surface area contributed by atoms with Gasteiger partial charge in [-0.05, 0) is 50.9 Å². The summed E-state index contributed by atoms with van der Waals surface area (Å²) in [6.45, 7) is 4.51. The van der Waals surface area contributed by atoms with Crippen molar-refractivity contribution in [2.45, 2.75) is 32.4 Å². The van der Waals surface area contributed by atoms with Gasteiger partial charge >= 0.3 is 5.97 Å². The fraction of sp³-hybridized carbons (Fsp3) is 0.571. The summed E-state index contributed by atoms with van der Waals surface area (Å²) in [6.07, 6.45) is 3.19. The molecule has 1 aromatic heterocycles. The quantitative estimate of drug-likeness (QED) is 0.859. The number of hydrogen-bond acceptors (Lipinski definition) is 4. The van der Waals surface area contributed by atoms with Crippen LogP contribution in [0.15, 0.2) is 18.3 Å². The van der Waals surface area contributed by atoms with Gasteiger partial charge in [-0.25, -0.2) is 4.79 Å². The first-order valence-electron chi connectivity index (χ1n) is 6.65. The molecule has 104 valence electrons. The third-order valence-corrected chi connectivity index (χ3v) is 3.77. The van der Waals surface area contributed by atoms with Gasteiger partial charge in [0.2, 0.25) is 0 Å². The summed E-state index contributed by atoms with van der Waals surface area (Å²) in [7, 11) is 0. The maximum Gasteiger partial charge on any atom is 0.337 e. The van der Waals surface area contributed by atoms with Gasteiger partial charge in [-0.1, -0.05) is 0 Å². The van der Waals surface area contributed by atoms with Crippen molar-refractivity contribution in [3.8, 4) is 0 Å². The first kappa shape index (κ1) is 14.0. The normalized spacial score (nSPS) is 19.3. The third kappa shape index (κ3) is 3.75. The van der Waals surface area contributed by atoms with E-state index in [1.165, 1.54) is 6.20 Å². The van der Waals surface area contributed by atoms with Crippen LogP contribution >= 0.6 is 0 Å². The number of rotatable bonds is 4. The van der Waals surface area contributed by atoms with E-state index >= 15 is 0 Å². The van der Waals surface area contributed by atoms with Crippen LogP contribution in [-0.2, 0) is 6.54 Å². The van der Waals surface area contributed by atoms with Crippen LogP contribution in [0.4, 0.5) is 0 Å². The lowest BCUT2D eigenvalue weighted by Gasteiger charge is -2.32. The summed E-state index contributed by atoms with van der Waals surface area (Å²) in [5, 5.41) is 18.4. The average Bonchev–Trinajstić information content (AvgIpc) is 2.40. The molecule has 1 aliphatic rings. The molecule has 2 rings (SSSR count). The number of aromatic nitrogens is 1. The van der Waals surface area contributed by atoms with E-state index in [9.17, 15) is 9.90 Å². The molecule has 5 nitrogen and oxygen atoms in total. The van der Waals surface area contributed by atoms with Gasteiger partial charge in [0.05, 0.1) is 17.4 Å². The highest BCUT2D eigenvalue weighted by atomic mass is 16.4. The number of carboxylic acid groups (broad SMARTS) is 1. The molecular weight excluding hydrogens is 244 g/mol. The number of piperidine rings is 1.